The molecule has 0 aliphatic heterocycles. The normalized spacial score (nSPS) is 11.1. The first-order valence-corrected chi connectivity index (χ1v) is 7.36. The predicted octanol–water partition coefficient (Wildman–Crippen LogP) is 1.79. The van der Waals surface area contributed by atoms with Gasteiger partial charge in [-0.2, -0.15) is 9.61 Å². The van der Waals surface area contributed by atoms with Crippen molar-refractivity contribution in [1.82, 2.24) is 24.8 Å². The summed E-state index contributed by atoms with van der Waals surface area (Å²) in [6.45, 7) is 0. The number of H-pyrrole nitrogens is 1. The molecule has 0 spiro atoms. The average Bonchev–Trinajstić information content (AvgIpc) is 3.16. The van der Waals surface area contributed by atoms with Crippen LogP contribution in [0.1, 0.15) is 0 Å². The van der Waals surface area contributed by atoms with Crippen molar-refractivity contribution in [3.05, 3.63) is 52.1 Å². The lowest BCUT2D eigenvalue weighted by atomic mass is 10.2. The minimum Gasteiger partial charge on any atom is -0.399 e. The molecule has 0 fully saturated rings. The van der Waals surface area contributed by atoms with E-state index in [1.807, 2.05) is 29.6 Å². The molecule has 3 aromatic heterocycles. The number of benzene rings is 1. The van der Waals surface area contributed by atoms with Gasteiger partial charge in [-0.15, -0.1) is 21.5 Å². The summed E-state index contributed by atoms with van der Waals surface area (Å²) in [4.78, 5) is 15.6. The molecule has 0 saturated carbocycles. The molecule has 0 unspecified atom stereocenters. The minimum atomic E-state index is -0.286. The number of nitrogens with two attached hydrogens (primary N) is 1. The quantitative estimate of drug-likeness (QED) is 0.550. The second kappa shape index (κ2) is 4.78. The van der Waals surface area contributed by atoms with Crippen LogP contribution in [0.25, 0.3) is 27.7 Å². The Kier molecular flexibility index (Phi) is 2.76. The second-order valence-corrected chi connectivity index (χ2v) is 5.61. The highest BCUT2D eigenvalue weighted by Gasteiger charge is 2.14. The van der Waals surface area contributed by atoms with E-state index in [0.29, 0.717) is 23.0 Å². The summed E-state index contributed by atoms with van der Waals surface area (Å²) in [5, 5.41) is 14.4. The molecule has 1 aromatic carbocycles. The molecule has 3 N–H and O–H groups in total. The molecular formula is C14H10N6OS. The van der Waals surface area contributed by atoms with E-state index in [1.165, 1.54) is 15.9 Å². The summed E-state index contributed by atoms with van der Waals surface area (Å²) in [7, 11) is 0. The number of aromatic amines is 1. The number of anilines is 1. The highest BCUT2D eigenvalue weighted by atomic mass is 32.1. The standard InChI is InChI=1S/C14H10N6OS/c15-9-5-3-8(4-6-9)12-17-18-14-16-13(21)11(19-20(12)14)10-2-1-7-22-10/h1-7H,15H2,(H,16,18,21). The lowest BCUT2D eigenvalue weighted by Crippen LogP contribution is -2.15. The molecule has 0 aliphatic carbocycles. The van der Waals surface area contributed by atoms with Crippen LogP contribution in [0.3, 0.4) is 0 Å². The maximum absolute atomic E-state index is 12.1. The van der Waals surface area contributed by atoms with Gasteiger partial charge >= 0.3 is 0 Å². The third-order valence-electron chi connectivity index (χ3n) is 3.20. The number of nitrogens with one attached hydrogen (secondary N) is 1. The number of aromatic nitrogens is 5. The summed E-state index contributed by atoms with van der Waals surface area (Å²) < 4.78 is 1.53. The van der Waals surface area contributed by atoms with Crippen molar-refractivity contribution in [2.75, 3.05) is 5.73 Å². The molecule has 22 heavy (non-hydrogen) atoms. The Morgan fingerprint density at radius 3 is 2.68 bits per heavy atom. The topological polar surface area (TPSA) is 102 Å². The van der Waals surface area contributed by atoms with Crippen molar-refractivity contribution in [3.63, 3.8) is 0 Å². The SMILES string of the molecule is Nc1ccc(-c2nnc3[nH]c(=O)c(-c4cccs4)nn23)cc1. The molecule has 0 radical (unpaired) electrons. The van der Waals surface area contributed by atoms with Crippen molar-refractivity contribution < 1.29 is 0 Å². The molecule has 0 bridgehead atoms. The van der Waals surface area contributed by atoms with E-state index in [-0.39, 0.29) is 5.56 Å². The molecular weight excluding hydrogens is 300 g/mol. The summed E-state index contributed by atoms with van der Waals surface area (Å²) in [5.74, 6) is 0.848. The fraction of sp³-hybridized carbons (Fsp3) is 0. The van der Waals surface area contributed by atoms with Crippen LogP contribution in [-0.4, -0.2) is 24.8 Å². The number of fused-ring (bicyclic) bond motifs is 1. The van der Waals surface area contributed by atoms with Gasteiger partial charge in [0.05, 0.1) is 4.88 Å². The smallest absolute Gasteiger partial charge is 0.279 e. The first-order valence-electron chi connectivity index (χ1n) is 6.48. The van der Waals surface area contributed by atoms with Gasteiger partial charge in [0.1, 0.15) is 0 Å². The number of hydrogen-bond acceptors (Lipinski definition) is 6. The van der Waals surface area contributed by atoms with Gasteiger partial charge in [0, 0.05) is 11.3 Å². The van der Waals surface area contributed by atoms with Crippen LogP contribution in [0.15, 0.2) is 46.6 Å². The first-order chi connectivity index (χ1) is 10.7. The van der Waals surface area contributed by atoms with Crippen LogP contribution in [0.2, 0.25) is 0 Å². The van der Waals surface area contributed by atoms with Crippen LogP contribution >= 0.6 is 11.3 Å². The highest BCUT2D eigenvalue weighted by Crippen LogP contribution is 2.21. The van der Waals surface area contributed by atoms with E-state index in [1.54, 1.807) is 12.1 Å². The molecule has 4 aromatic rings. The van der Waals surface area contributed by atoms with E-state index < -0.39 is 0 Å². The molecule has 108 valence electrons. The number of thiophene rings is 1. The number of nitrogens with zero attached hydrogens (tertiary/aromatic N) is 4. The fourth-order valence-corrected chi connectivity index (χ4v) is 2.85. The van der Waals surface area contributed by atoms with Gasteiger partial charge in [-0.3, -0.25) is 9.78 Å². The number of nitrogen functional groups attached to an aromatic ring is 1. The maximum atomic E-state index is 12.1. The highest BCUT2D eigenvalue weighted by molar-refractivity contribution is 7.13. The van der Waals surface area contributed by atoms with Crippen molar-refractivity contribution in [3.8, 4) is 22.0 Å². The lowest BCUT2D eigenvalue weighted by molar-refractivity contribution is 0.900. The van der Waals surface area contributed by atoms with Gasteiger partial charge in [0.25, 0.3) is 11.3 Å². The molecule has 0 atom stereocenters. The third-order valence-corrected chi connectivity index (χ3v) is 4.08. The maximum Gasteiger partial charge on any atom is 0.279 e. The van der Waals surface area contributed by atoms with Gasteiger partial charge in [-0.25, -0.2) is 0 Å². The Balaban J connectivity index is 1.96. The number of hydrogen-bond donors (Lipinski definition) is 2. The van der Waals surface area contributed by atoms with E-state index >= 15 is 0 Å². The molecule has 3 heterocycles. The largest absolute Gasteiger partial charge is 0.399 e. The van der Waals surface area contributed by atoms with Crippen molar-refractivity contribution >= 4 is 22.8 Å². The molecule has 0 saturated heterocycles. The Labute approximate surface area is 128 Å². The van der Waals surface area contributed by atoms with Gasteiger partial charge in [0.2, 0.25) is 0 Å². The third kappa shape index (κ3) is 1.97. The summed E-state index contributed by atoms with van der Waals surface area (Å²) in [6.07, 6.45) is 0. The summed E-state index contributed by atoms with van der Waals surface area (Å²) in [6, 6.07) is 11.0. The zero-order chi connectivity index (χ0) is 15.1. The first kappa shape index (κ1) is 12.7. The van der Waals surface area contributed by atoms with Crippen molar-refractivity contribution in [2.24, 2.45) is 0 Å². The summed E-state index contributed by atoms with van der Waals surface area (Å²) >= 11 is 1.45. The fourth-order valence-electron chi connectivity index (χ4n) is 2.15. The van der Waals surface area contributed by atoms with Gasteiger partial charge in [-0.1, -0.05) is 6.07 Å². The predicted molar refractivity (Wildman–Crippen MR) is 84.6 cm³/mol. The molecule has 8 heteroatoms. The zero-order valence-corrected chi connectivity index (χ0v) is 12.0. The van der Waals surface area contributed by atoms with Gasteiger partial charge < -0.3 is 5.73 Å². The summed E-state index contributed by atoms with van der Waals surface area (Å²) in [5.41, 5.74) is 7.24. The molecule has 0 aliphatic rings. The Hall–Kier alpha value is -3.00. The second-order valence-electron chi connectivity index (χ2n) is 4.66. The van der Waals surface area contributed by atoms with E-state index in [4.69, 9.17) is 5.73 Å². The van der Waals surface area contributed by atoms with Crippen LogP contribution in [0, 0.1) is 0 Å². The van der Waals surface area contributed by atoms with Crippen LogP contribution in [-0.2, 0) is 0 Å². The Morgan fingerprint density at radius 1 is 1.14 bits per heavy atom. The van der Waals surface area contributed by atoms with Crippen molar-refractivity contribution in [1.29, 1.82) is 0 Å². The van der Waals surface area contributed by atoms with Crippen LogP contribution in [0.5, 0.6) is 0 Å². The van der Waals surface area contributed by atoms with Crippen molar-refractivity contribution in [2.45, 2.75) is 0 Å². The molecule has 4 rings (SSSR count). The average molecular weight is 310 g/mol. The Morgan fingerprint density at radius 2 is 1.95 bits per heavy atom. The van der Waals surface area contributed by atoms with Crippen LogP contribution in [0.4, 0.5) is 5.69 Å². The van der Waals surface area contributed by atoms with E-state index in [2.05, 4.69) is 20.3 Å². The van der Waals surface area contributed by atoms with Crippen LogP contribution < -0.4 is 11.3 Å². The van der Waals surface area contributed by atoms with E-state index in [0.717, 1.165) is 10.4 Å². The minimum absolute atomic E-state index is 0.286. The van der Waals surface area contributed by atoms with E-state index in [9.17, 15) is 4.79 Å². The monoisotopic (exact) mass is 310 g/mol. The Bertz CT molecular complexity index is 1000. The number of rotatable bonds is 2. The molecule has 0 amide bonds. The zero-order valence-electron chi connectivity index (χ0n) is 11.2. The lowest BCUT2D eigenvalue weighted by Gasteiger charge is -2.01. The van der Waals surface area contributed by atoms with Gasteiger partial charge in [-0.05, 0) is 35.7 Å². The molecule has 7 nitrogen and oxygen atoms in total. The van der Waals surface area contributed by atoms with Gasteiger partial charge in [0.15, 0.2) is 11.5 Å².